The molecule has 26 heavy (non-hydrogen) atoms. The van der Waals surface area contributed by atoms with Crippen LogP contribution in [0, 0.1) is 0 Å². The Balaban J connectivity index is 1.62. The van der Waals surface area contributed by atoms with Crippen LogP contribution in [0.3, 0.4) is 0 Å². The molecule has 0 bridgehead atoms. The molecule has 3 rings (SSSR count). The predicted octanol–water partition coefficient (Wildman–Crippen LogP) is 1.51. The third-order valence-corrected chi connectivity index (χ3v) is 3.90. The number of hydrogen-bond donors (Lipinski definition) is 2. The van der Waals surface area contributed by atoms with Gasteiger partial charge in [0.15, 0.2) is 0 Å². The molecule has 0 atom stereocenters. The molecule has 0 unspecified atom stereocenters. The van der Waals surface area contributed by atoms with Crippen LogP contribution in [0.15, 0.2) is 52.2 Å². The Morgan fingerprint density at radius 2 is 2.04 bits per heavy atom. The summed E-state index contributed by atoms with van der Waals surface area (Å²) in [5.74, 6) is 0.236. The lowest BCUT2D eigenvalue weighted by Crippen LogP contribution is -2.35. The van der Waals surface area contributed by atoms with E-state index in [0.717, 1.165) is 4.57 Å². The van der Waals surface area contributed by atoms with Gasteiger partial charge in [0.25, 0.3) is 5.56 Å². The highest BCUT2D eigenvalue weighted by atomic mass is 16.5. The Hall–Kier alpha value is -3.42. The van der Waals surface area contributed by atoms with Crippen molar-refractivity contribution in [1.29, 1.82) is 0 Å². The summed E-state index contributed by atoms with van der Waals surface area (Å²) in [7, 11) is 1.51. The Bertz CT molecular complexity index is 1040. The molecular formula is C18H18N4O4. The molecular weight excluding hydrogens is 336 g/mol. The topological polar surface area (TPSA) is 106 Å². The minimum atomic E-state index is -0.478. The summed E-state index contributed by atoms with van der Waals surface area (Å²) in [4.78, 5) is 43.1. The monoisotopic (exact) mass is 354 g/mol. The summed E-state index contributed by atoms with van der Waals surface area (Å²) in [6.07, 6.45) is 2.02. The van der Waals surface area contributed by atoms with Gasteiger partial charge in [-0.3, -0.25) is 14.2 Å². The van der Waals surface area contributed by atoms with Crippen LogP contribution in [0.2, 0.25) is 0 Å². The smallest absolute Gasteiger partial charge is 0.328 e. The van der Waals surface area contributed by atoms with Crippen LogP contribution in [0.1, 0.15) is 12.8 Å². The van der Waals surface area contributed by atoms with E-state index in [0.29, 0.717) is 28.9 Å². The first-order valence-corrected chi connectivity index (χ1v) is 8.10. The average Bonchev–Trinajstić information content (AvgIpc) is 2.65. The number of aromatic nitrogens is 3. The molecule has 0 aliphatic rings. The van der Waals surface area contributed by atoms with Crippen molar-refractivity contribution in [2.75, 3.05) is 12.4 Å². The van der Waals surface area contributed by atoms with Gasteiger partial charge in [-0.1, -0.05) is 12.1 Å². The number of nitrogens with zero attached hydrogens (tertiary/aromatic N) is 2. The Morgan fingerprint density at radius 3 is 2.77 bits per heavy atom. The molecule has 2 heterocycles. The number of carbonyl (C=O) groups excluding carboxylic acids is 1. The number of aromatic amines is 1. The standard InChI is InChI=1S/C18H18N4O4/c1-26-16-9-8-12(11-19-16)20-15(23)7-4-10-22-17(24)13-5-2-3-6-14(13)21-18(22)25/h2-3,5-6,8-9,11H,4,7,10H2,1H3,(H,20,23)(H,21,25). The lowest BCUT2D eigenvalue weighted by atomic mass is 10.2. The summed E-state index contributed by atoms with van der Waals surface area (Å²) >= 11 is 0. The highest BCUT2D eigenvalue weighted by Gasteiger charge is 2.08. The molecule has 0 fully saturated rings. The maximum atomic E-state index is 12.4. The number of methoxy groups -OCH3 is 1. The van der Waals surface area contributed by atoms with Crippen molar-refractivity contribution in [2.45, 2.75) is 19.4 Å². The van der Waals surface area contributed by atoms with Gasteiger partial charge in [0.05, 0.1) is 29.9 Å². The van der Waals surface area contributed by atoms with E-state index in [4.69, 9.17) is 4.74 Å². The Kier molecular flexibility index (Phi) is 5.12. The van der Waals surface area contributed by atoms with Gasteiger partial charge in [0.2, 0.25) is 11.8 Å². The first-order chi connectivity index (χ1) is 12.6. The zero-order chi connectivity index (χ0) is 18.5. The van der Waals surface area contributed by atoms with E-state index in [1.54, 1.807) is 36.4 Å². The van der Waals surface area contributed by atoms with Crippen LogP contribution in [0.5, 0.6) is 5.88 Å². The lowest BCUT2D eigenvalue weighted by molar-refractivity contribution is -0.116. The summed E-state index contributed by atoms with van der Waals surface area (Å²) in [5.41, 5.74) is 0.220. The molecule has 134 valence electrons. The fourth-order valence-electron chi connectivity index (χ4n) is 2.60. The molecule has 0 spiro atoms. The van der Waals surface area contributed by atoms with Crippen LogP contribution in [-0.2, 0) is 11.3 Å². The number of ether oxygens (including phenoxy) is 1. The second-order valence-electron chi connectivity index (χ2n) is 5.67. The molecule has 0 saturated carbocycles. The maximum absolute atomic E-state index is 12.4. The predicted molar refractivity (Wildman–Crippen MR) is 97.5 cm³/mol. The Labute approximate surface area is 148 Å². The number of pyridine rings is 1. The van der Waals surface area contributed by atoms with E-state index in [2.05, 4.69) is 15.3 Å². The number of rotatable bonds is 6. The van der Waals surface area contributed by atoms with E-state index in [-0.39, 0.29) is 24.4 Å². The first-order valence-electron chi connectivity index (χ1n) is 8.10. The second-order valence-corrected chi connectivity index (χ2v) is 5.67. The normalized spacial score (nSPS) is 10.7. The number of para-hydroxylation sites is 1. The zero-order valence-corrected chi connectivity index (χ0v) is 14.2. The summed E-state index contributed by atoms with van der Waals surface area (Å²) < 4.78 is 6.07. The number of nitrogens with one attached hydrogen (secondary N) is 2. The molecule has 0 aliphatic heterocycles. The largest absolute Gasteiger partial charge is 0.481 e. The quantitative estimate of drug-likeness (QED) is 0.698. The number of anilines is 1. The number of carbonyl (C=O) groups is 1. The van der Waals surface area contributed by atoms with Crippen molar-refractivity contribution in [3.05, 3.63) is 63.4 Å². The third-order valence-electron chi connectivity index (χ3n) is 3.90. The molecule has 2 aromatic heterocycles. The number of benzene rings is 1. The number of hydrogen-bond acceptors (Lipinski definition) is 5. The molecule has 1 amide bonds. The van der Waals surface area contributed by atoms with Crippen molar-refractivity contribution in [2.24, 2.45) is 0 Å². The van der Waals surface area contributed by atoms with Crippen molar-refractivity contribution >= 4 is 22.5 Å². The molecule has 3 aromatic rings. The van der Waals surface area contributed by atoms with Crippen LogP contribution in [0.25, 0.3) is 10.9 Å². The van der Waals surface area contributed by atoms with E-state index in [1.165, 1.54) is 13.3 Å². The van der Waals surface area contributed by atoms with Crippen molar-refractivity contribution in [3.8, 4) is 5.88 Å². The van der Waals surface area contributed by atoms with Crippen LogP contribution in [-0.4, -0.2) is 27.6 Å². The van der Waals surface area contributed by atoms with E-state index >= 15 is 0 Å². The fourth-order valence-corrected chi connectivity index (χ4v) is 2.60. The minimum absolute atomic E-state index is 0.160. The number of amides is 1. The summed E-state index contributed by atoms with van der Waals surface area (Å²) in [6, 6.07) is 10.2. The zero-order valence-electron chi connectivity index (χ0n) is 14.2. The average molecular weight is 354 g/mol. The Morgan fingerprint density at radius 1 is 1.23 bits per heavy atom. The first kappa shape index (κ1) is 17.4. The van der Waals surface area contributed by atoms with Crippen LogP contribution < -0.4 is 21.3 Å². The van der Waals surface area contributed by atoms with Gasteiger partial charge < -0.3 is 15.0 Å². The van der Waals surface area contributed by atoms with Gasteiger partial charge in [0, 0.05) is 19.0 Å². The van der Waals surface area contributed by atoms with E-state index in [1.807, 2.05) is 0 Å². The molecule has 0 saturated heterocycles. The van der Waals surface area contributed by atoms with Gasteiger partial charge >= 0.3 is 5.69 Å². The highest BCUT2D eigenvalue weighted by molar-refractivity contribution is 5.90. The summed E-state index contributed by atoms with van der Waals surface area (Å²) in [6.45, 7) is 0.160. The third kappa shape index (κ3) is 3.80. The van der Waals surface area contributed by atoms with Gasteiger partial charge in [-0.2, -0.15) is 0 Å². The molecule has 0 aliphatic carbocycles. The molecule has 8 heteroatoms. The van der Waals surface area contributed by atoms with Crippen LogP contribution >= 0.6 is 0 Å². The van der Waals surface area contributed by atoms with Crippen molar-refractivity contribution in [3.63, 3.8) is 0 Å². The fraction of sp³-hybridized carbons (Fsp3) is 0.222. The number of fused-ring (bicyclic) bond motifs is 1. The SMILES string of the molecule is COc1ccc(NC(=O)CCCn2c(=O)[nH]c3ccccc3c2=O)cn1. The minimum Gasteiger partial charge on any atom is -0.481 e. The lowest BCUT2D eigenvalue weighted by Gasteiger charge is -2.07. The molecule has 0 radical (unpaired) electrons. The summed E-state index contributed by atoms with van der Waals surface area (Å²) in [5, 5.41) is 3.15. The van der Waals surface area contributed by atoms with Crippen molar-refractivity contribution in [1.82, 2.24) is 14.5 Å². The van der Waals surface area contributed by atoms with E-state index < -0.39 is 5.69 Å². The molecule has 1 aromatic carbocycles. The highest BCUT2D eigenvalue weighted by Crippen LogP contribution is 2.11. The molecule has 2 N–H and O–H groups in total. The van der Waals surface area contributed by atoms with E-state index in [9.17, 15) is 14.4 Å². The van der Waals surface area contributed by atoms with Crippen LogP contribution in [0.4, 0.5) is 5.69 Å². The molecule has 8 nitrogen and oxygen atoms in total. The van der Waals surface area contributed by atoms with Gasteiger partial charge in [-0.05, 0) is 24.6 Å². The van der Waals surface area contributed by atoms with Gasteiger partial charge in [0.1, 0.15) is 0 Å². The maximum Gasteiger partial charge on any atom is 0.328 e. The second kappa shape index (κ2) is 7.64. The number of H-pyrrole nitrogens is 1. The van der Waals surface area contributed by atoms with Gasteiger partial charge in [-0.15, -0.1) is 0 Å². The van der Waals surface area contributed by atoms with Crippen molar-refractivity contribution < 1.29 is 9.53 Å². The van der Waals surface area contributed by atoms with Gasteiger partial charge in [-0.25, -0.2) is 9.78 Å².